The first-order valence-electron chi connectivity index (χ1n) is 5.42. The summed E-state index contributed by atoms with van der Waals surface area (Å²) in [5.74, 6) is 1.84. The van der Waals surface area contributed by atoms with E-state index in [9.17, 15) is 0 Å². The second kappa shape index (κ2) is 4.13. The minimum Gasteiger partial charge on any atom is -0.446 e. The highest BCUT2D eigenvalue weighted by Crippen LogP contribution is 2.14. The van der Waals surface area contributed by atoms with Gasteiger partial charge in [-0.15, -0.1) is 0 Å². The molecule has 1 atom stereocenters. The molecule has 1 saturated heterocycles. The number of aryl methyl sites for hydroxylation is 2. The molecule has 1 unspecified atom stereocenters. The first-order chi connectivity index (χ1) is 6.75. The minimum atomic E-state index is 0.571. The molecule has 3 nitrogen and oxygen atoms in total. The van der Waals surface area contributed by atoms with E-state index in [0.717, 1.165) is 30.3 Å². The van der Waals surface area contributed by atoms with Crippen LogP contribution in [0.2, 0.25) is 0 Å². The Hall–Kier alpha value is -0.830. The lowest BCUT2D eigenvalue weighted by Gasteiger charge is -2.21. The van der Waals surface area contributed by atoms with Crippen molar-refractivity contribution in [3.63, 3.8) is 0 Å². The summed E-state index contributed by atoms with van der Waals surface area (Å²) >= 11 is 0. The van der Waals surface area contributed by atoms with Crippen LogP contribution in [0.25, 0.3) is 0 Å². The maximum Gasteiger partial charge on any atom is 0.196 e. The number of hydrogen-bond donors (Lipinski definition) is 1. The molecular weight excluding hydrogens is 176 g/mol. The average molecular weight is 194 g/mol. The molecule has 78 valence electrons. The van der Waals surface area contributed by atoms with Gasteiger partial charge in [-0.3, -0.25) is 0 Å². The van der Waals surface area contributed by atoms with Gasteiger partial charge in [-0.05, 0) is 33.2 Å². The molecule has 0 aromatic carbocycles. The van der Waals surface area contributed by atoms with Gasteiger partial charge in [0.25, 0.3) is 0 Å². The molecule has 14 heavy (non-hydrogen) atoms. The van der Waals surface area contributed by atoms with E-state index >= 15 is 0 Å². The van der Waals surface area contributed by atoms with Crippen LogP contribution in [0.15, 0.2) is 4.42 Å². The van der Waals surface area contributed by atoms with Crippen molar-refractivity contribution in [3.05, 3.63) is 17.3 Å². The van der Waals surface area contributed by atoms with Crippen molar-refractivity contribution in [1.82, 2.24) is 10.3 Å². The number of hydrogen-bond acceptors (Lipinski definition) is 3. The Morgan fingerprint density at radius 3 is 2.86 bits per heavy atom. The predicted molar refractivity (Wildman–Crippen MR) is 55.3 cm³/mol. The second-order valence-corrected chi connectivity index (χ2v) is 4.10. The van der Waals surface area contributed by atoms with E-state index in [-0.39, 0.29) is 0 Å². The highest BCUT2D eigenvalue weighted by molar-refractivity contribution is 5.06. The topological polar surface area (TPSA) is 38.1 Å². The monoisotopic (exact) mass is 194 g/mol. The summed E-state index contributed by atoms with van der Waals surface area (Å²) < 4.78 is 5.57. The quantitative estimate of drug-likeness (QED) is 0.782. The summed E-state index contributed by atoms with van der Waals surface area (Å²) in [4.78, 5) is 4.40. The van der Waals surface area contributed by atoms with E-state index in [0.29, 0.717) is 6.04 Å². The standard InChI is InChI=1S/C11H18N2O/c1-8-9(2)14-11(13-8)7-10-5-3-4-6-12-10/h10,12H,3-7H2,1-2H3. The van der Waals surface area contributed by atoms with Gasteiger partial charge < -0.3 is 9.73 Å². The van der Waals surface area contributed by atoms with E-state index in [1.54, 1.807) is 0 Å². The van der Waals surface area contributed by atoms with Gasteiger partial charge >= 0.3 is 0 Å². The largest absolute Gasteiger partial charge is 0.446 e. The molecule has 3 heteroatoms. The van der Waals surface area contributed by atoms with E-state index in [2.05, 4.69) is 10.3 Å². The molecule has 1 N–H and O–H groups in total. The summed E-state index contributed by atoms with van der Waals surface area (Å²) in [5, 5.41) is 3.50. The minimum absolute atomic E-state index is 0.571. The van der Waals surface area contributed by atoms with Crippen LogP contribution in [0.4, 0.5) is 0 Å². The van der Waals surface area contributed by atoms with Gasteiger partial charge in [0.05, 0.1) is 5.69 Å². The van der Waals surface area contributed by atoms with Crippen LogP contribution in [0.1, 0.15) is 36.6 Å². The second-order valence-electron chi connectivity index (χ2n) is 4.10. The summed E-state index contributed by atoms with van der Waals surface area (Å²) in [6, 6.07) is 0.571. The number of aromatic nitrogens is 1. The number of piperidine rings is 1. The Labute approximate surface area is 84.9 Å². The molecule has 0 aliphatic carbocycles. The van der Waals surface area contributed by atoms with Crippen LogP contribution >= 0.6 is 0 Å². The van der Waals surface area contributed by atoms with Gasteiger partial charge in [-0.1, -0.05) is 6.42 Å². The Balaban J connectivity index is 1.95. The van der Waals surface area contributed by atoms with Crippen LogP contribution in [0.3, 0.4) is 0 Å². The molecule has 1 fully saturated rings. The average Bonchev–Trinajstić information content (AvgIpc) is 2.47. The van der Waals surface area contributed by atoms with Crippen molar-refractivity contribution >= 4 is 0 Å². The Morgan fingerprint density at radius 1 is 1.43 bits per heavy atom. The van der Waals surface area contributed by atoms with Crippen molar-refractivity contribution in [1.29, 1.82) is 0 Å². The van der Waals surface area contributed by atoms with Gasteiger partial charge in [-0.2, -0.15) is 0 Å². The van der Waals surface area contributed by atoms with E-state index in [1.165, 1.54) is 19.3 Å². The maximum absolute atomic E-state index is 5.57. The van der Waals surface area contributed by atoms with Gasteiger partial charge in [0, 0.05) is 12.5 Å². The SMILES string of the molecule is Cc1nc(CC2CCCCN2)oc1C. The molecule has 0 saturated carbocycles. The van der Waals surface area contributed by atoms with Crippen molar-refractivity contribution in [2.75, 3.05) is 6.54 Å². The first kappa shape index (κ1) is 9.71. The first-order valence-corrected chi connectivity index (χ1v) is 5.42. The molecule has 0 bridgehead atoms. The lowest BCUT2D eigenvalue weighted by molar-refractivity contribution is 0.363. The number of oxazole rings is 1. The molecule has 1 aromatic rings. The summed E-state index contributed by atoms with van der Waals surface area (Å²) in [6.07, 6.45) is 4.83. The summed E-state index contributed by atoms with van der Waals surface area (Å²) in [7, 11) is 0. The fourth-order valence-electron chi connectivity index (χ4n) is 1.94. The van der Waals surface area contributed by atoms with Crippen molar-refractivity contribution in [2.45, 2.75) is 45.6 Å². The van der Waals surface area contributed by atoms with Crippen LogP contribution < -0.4 is 5.32 Å². The zero-order chi connectivity index (χ0) is 9.97. The van der Waals surface area contributed by atoms with Crippen molar-refractivity contribution < 1.29 is 4.42 Å². The molecule has 1 aliphatic rings. The van der Waals surface area contributed by atoms with Gasteiger partial charge in [0.2, 0.25) is 0 Å². The van der Waals surface area contributed by atoms with E-state index in [1.807, 2.05) is 13.8 Å². The predicted octanol–water partition coefficient (Wildman–Crippen LogP) is 1.98. The Kier molecular flexibility index (Phi) is 2.87. The molecule has 0 amide bonds. The third-order valence-electron chi connectivity index (χ3n) is 2.91. The van der Waals surface area contributed by atoms with E-state index < -0.39 is 0 Å². The maximum atomic E-state index is 5.57. The Bertz CT molecular complexity index is 281. The van der Waals surface area contributed by atoms with Crippen LogP contribution in [0, 0.1) is 13.8 Å². The zero-order valence-electron chi connectivity index (χ0n) is 8.97. The lowest BCUT2D eigenvalue weighted by atomic mass is 10.0. The van der Waals surface area contributed by atoms with Crippen molar-refractivity contribution in [2.24, 2.45) is 0 Å². The lowest BCUT2D eigenvalue weighted by Crippen LogP contribution is -2.35. The third-order valence-corrected chi connectivity index (χ3v) is 2.91. The molecule has 0 radical (unpaired) electrons. The molecule has 1 aromatic heterocycles. The number of rotatable bonds is 2. The van der Waals surface area contributed by atoms with Crippen LogP contribution in [-0.4, -0.2) is 17.6 Å². The molecule has 1 aliphatic heterocycles. The summed E-state index contributed by atoms with van der Waals surface area (Å²) in [5.41, 5.74) is 1.02. The van der Waals surface area contributed by atoms with Crippen LogP contribution in [-0.2, 0) is 6.42 Å². The number of nitrogens with zero attached hydrogens (tertiary/aromatic N) is 1. The van der Waals surface area contributed by atoms with Crippen LogP contribution in [0.5, 0.6) is 0 Å². The zero-order valence-corrected chi connectivity index (χ0v) is 8.97. The van der Waals surface area contributed by atoms with Gasteiger partial charge in [0.1, 0.15) is 5.76 Å². The molecule has 2 heterocycles. The molecular formula is C11H18N2O. The van der Waals surface area contributed by atoms with Gasteiger partial charge in [-0.25, -0.2) is 4.98 Å². The fourth-order valence-corrected chi connectivity index (χ4v) is 1.94. The summed E-state index contributed by atoms with van der Waals surface area (Å²) in [6.45, 7) is 5.11. The number of nitrogens with one attached hydrogen (secondary N) is 1. The smallest absolute Gasteiger partial charge is 0.196 e. The Morgan fingerprint density at radius 2 is 2.29 bits per heavy atom. The normalized spacial score (nSPS) is 22.6. The molecule has 2 rings (SSSR count). The van der Waals surface area contributed by atoms with Crippen molar-refractivity contribution in [3.8, 4) is 0 Å². The fraction of sp³-hybridized carbons (Fsp3) is 0.727. The molecule has 0 spiro atoms. The van der Waals surface area contributed by atoms with Gasteiger partial charge in [0.15, 0.2) is 5.89 Å². The van der Waals surface area contributed by atoms with E-state index in [4.69, 9.17) is 4.42 Å². The highest BCUT2D eigenvalue weighted by atomic mass is 16.4. The highest BCUT2D eigenvalue weighted by Gasteiger charge is 2.16. The third kappa shape index (κ3) is 2.15.